The molecule has 1 aromatic heterocycles. The Morgan fingerprint density at radius 3 is 1.62 bits per heavy atom. The molecule has 0 bridgehead atoms. The minimum absolute atomic E-state index is 0. The third-order valence-corrected chi connectivity index (χ3v) is 0.496. The first-order chi connectivity index (χ1) is 3.50. The third-order valence-electron chi connectivity index (χ3n) is 0.496. The first-order valence-electron chi connectivity index (χ1n) is 1.72. The standard InChI is InChI=1S/C4H5N.BH3.FI/c1-2-4-5-3-1;;1-2/h1-5H;1H3;. The van der Waals surface area contributed by atoms with Crippen molar-refractivity contribution in [2.75, 3.05) is 0 Å². The number of H-pyrrole nitrogens is 1. The fraction of sp³-hybridized carbons (Fsp3) is 0. The Morgan fingerprint density at radius 2 is 1.50 bits per heavy atom. The average Bonchev–Trinajstić information content (AvgIpc) is 2.23. The quantitative estimate of drug-likeness (QED) is 0.505. The number of rotatable bonds is 0. The van der Waals surface area contributed by atoms with Gasteiger partial charge in [0.15, 0.2) is 23.2 Å². The SMILES string of the molecule is B.FI.c1cc[nH]c1. The van der Waals surface area contributed by atoms with Crippen LogP contribution in [0.3, 0.4) is 0 Å². The molecule has 0 radical (unpaired) electrons. The maximum absolute atomic E-state index is 9.47. The van der Waals surface area contributed by atoms with Gasteiger partial charge in [0.2, 0.25) is 0 Å². The molecule has 1 heterocycles. The van der Waals surface area contributed by atoms with Gasteiger partial charge in [-0.25, -0.2) is 0 Å². The van der Waals surface area contributed by atoms with Gasteiger partial charge in [-0.3, -0.25) is 0 Å². The van der Waals surface area contributed by atoms with E-state index in [0.717, 1.165) is 0 Å². The second kappa shape index (κ2) is 10.1. The van der Waals surface area contributed by atoms with E-state index in [1.165, 1.54) is 0 Å². The van der Waals surface area contributed by atoms with Gasteiger partial charge in [0.05, 0.1) is 8.41 Å². The summed E-state index contributed by atoms with van der Waals surface area (Å²) in [6.45, 7) is 0. The zero-order chi connectivity index (χ0) is 5.54. The molecule has 1 rings (SSSR count). The predicted molar refractivity (Wildman–Crippen MR) is 45.9 cm³/mol. The highest BCUT2D eigenvalue weighted by atomic mass is 127. The number of halogens is 2. The fourth-order valence-corrected chi connectivity index (χ4v) is 0.278. The van der Waals surface area contributed by atoms with E-state index >= 15 is 0 Å². The maximum Gasteiger partial charge on any atom is 0.171 e. The molecule has 4 heteroatoms. The van der Waals surface area contributed by atoms with E-state index in [1.54, 1.807) is 0 Å². The van der Waals surface area contributed by atoms with Crippen LogP contribution in [-0.4, -0.2) is 13.4 Å². The topological polar surface area (TPSA) is 15.8 Å². The molecule has 0 aliphatic rings. The van der Waals surface area contributed by atoms with Crippen molar-refractivity contribution in [3.8, 4) is 0 Å². The number of nitrogens with one attached hydrogen (secondary N) is 1. The summed E-state index contributed by atoms with van der Waals surface area (Å²) < 4.78 is 9.47. The minimum atomic E-state index is 0. The molecule has 0 spiro atoms. The largest absolute Gasteiger partial charge is 0.368 e. The molecule has 0 amide bonds. The first-order valence-corrected chi connectivity index (χ1v) is 2.54. The molecular formula is C4H8BFIN. The Balaban J connectivity index is 0. The third kappa shape index (κ3) is 6.00. The van der Waals surface area contributed by atoms with Crippen molar-refractivity contribution < 1.29 is 2.86 Å². The van der Waals surface area contributed by atoms with Crippen molar-refractivity contribution in [1.29, 1.82) is 0 Å². The summed E-state index contributed by atoms with van der Waals surface area (Å²) in [5.41, 5.74) is 0. The molecule has 0 atom stereocenters. The molecule has 0 aliphatic heterocycles. The monoisotopic (exact) mass is 227 g/mol. The summed E-state index contributed by atoms with van der Waals surface area (Å²) in [4.78, 5) is 2.86. The summed E-state index contributed by atoms with van der Waals surface area (Å²) in [5, 5.41) is 0. The van der Waals surface area contributed by atoms with E-state index in [-0.39, 0.29) is 8.41 Å². The van der Waals surface area contributed by atoms with Crippen LogP contribution in [0.4, 0.5) is 2.86 Å². The molecule has 46 valence electrons. The van der Waals surface area contributed by atoms with E-state index in [2.05, 4.69) is 4.98 Å². The van der Waals surface area contributed by atoms with Crippen LogP contribution in [0.5, 0.6) is 0 Å². The molecule has 0 aliphatic carbocycles. The smallest absolute Gasteiger partial charge is 0.171 e. The number of hydrogen-bond acceptors (Lipinski definition) is 0. The van der Waals surface area contributed by atoms with Crippen LogP contribution in [0.2, 0.25) is 0 Å². The number of aromatic nitrogens is 1. The lowest BCUT2D eigenvalue weighted by molar-refractivity contribution is 1.03. The van der Waals surface area contributed by atoms with E-state index < -0.39 is 0 Å². The zero-order valence-electron chi connectivity index (χ0n) is 3.57. The van der Waals surface area contributed by atoms with Crippen molar-refractivity contribution in [2.24, 2.45) is 0 Å². The fourth-order valence-electron chi connectivity index (χ4n) is 0.278. The molecule has 1 N–H and O–H groups in total. The maximum atomic E-state index is 9.47. The molecule has 8 heavy (non-hydrogen) atoms. The zero-order valence-corrected chi connectivity index (χ0v) is 5.72. The van der Waals surface area contributed by atoms with Crippen LogP contribution in [0.15, 0.2) is 24.5 Å². The van der Waals surface area contributed by atoms with Crippen LogP contribution in [0.25, 0.3) is 0 Å². The van der Waals surface area contributed by atoms with Crippen molar-refractivity contribution in [1.82, 2.24) is 4.98 Å². The Hall–Kier alpha value is 0.00494. The molecular weight excluding hydrogens is 219 g/mol. The van der Waals surface area contributed by atoms with Gasteiger partial charge in [0.25, 0.3) is 0 Å². The molecule has 0 aromatic carbocycles. The van der Waals surface area contributed by atoms with E-state index in [9.17, 15) is 2.86 Å². The molecule has 0 unspecified atom stereocenters. The highest BCUT2D eigenvalue weighted by Crippen LogP contribution is 1.72. The van der Waals surface area contributed by atoms with Crippen LogP contribution >= 0.6 is 23.2 Å². The molecule has 0 saturated heterocycles. The summed E-state index contributed by atoms with van der Waals surface area (Å²) in [6.07, 6.45) is 3.75. The van der Waals surface area contributed by atoms with E-state index in [4.69, 9.17) is 0 Å². The van der Waals surface area contributed by atoms with Gasteiger partial charge in [-0.1, -0.05) is 0 Å². The lowest BCUT2D eigenvalue weighted by Gasteiger charge is -1.49. The van der Waals surface area contributed by atoms with Gasteiger partial charge >= 0.3 is 0 Å². The van der Waals surface area contributed by atoms with E-state index in [0.29, 0.717) is 23.2 Å². The Bertz CT molecular complexity index is 72.5. The van der Waals surface area contributed by atoms with Gasteiger partial charge in [-0.05, 0) is 12.1 Å². The Morgan fingerprint density at radius 1 is 1.12 bits per heavy atom. The van der Waals surface area contributed by atoms with Gasteiger partial charge in [0.1, 0.15) is 0 Å². The Labute approximate surface area is 64.2 Å². The normalized spacial score (nSPS) is 5.75. The molecule has 0 fully saturated rings. The summed E-state index contributed by atoms with van der Waals surface area (Å²) in [5.74, 6) is 0. The van der Waals surface area contributed by atoms with Crippen LogP contribution in [-0.2, 0) is 0 Å². The van der Waals surface area contributed by atoms with Gasteiger partial charge in [-0.2, -0.15) is 2.86 Å². The molecule has 1 nitrogen and oxygen atoms in total. The van der Waals surface area contributed by atoms with Crippen LogP contribution < -0.4 is 0 Å². The van der Waals surface area contributed by atoms with Gasteiger partial charge in [0, 0.05) is 12.4 Å². The Kier molecular flexibility index (Phi) is 13.7. The van der Waals surface area contributed by atoms with Crippen LogP contribution in [0, 0.1) is 0 Å². The number of hydrogen-bond donors (Lipinski definition) is 1. The van der Waals surface area contributed by atoms with Crippen molar-refractivity contribution in [3.63, 3.8) is 0 Å². The predicted octanol–water partition coefficient (Wildman–Crippen LogP) is 1.14. The van der Waals surface area contributed by atoms with Crippen molar-refractivity contribution >= 4 is 31.6 Å². The lowest BCUT2D eigenvalue weighted by atomic mass is 10.7. The summed E-state index contributed by atoms with van der Waals surface area (Å²) >= 11 is 0.650. The highest BCUT2D eigenvalue weighted by molar-refractivity contribution is 14.1. The number of aromatic amines is 1. The highest BCUT2D eigenvalue weighted by Gasteiger charge is 1.55. The van der Waals surface area contributed by atoms with Crippen LogP contribution in [0.1, 0.15) is 0 Å². The van der Waals surface area contributed by atoms with E-state index in [1.807, 2.05) is 24.5 Å². The van der Waals surface area contributed by atoms with Gasteiger partial charge in [-0.15, -0.1) is 0 Å². The van der Waals surface area contributed by atoms with Crippen molar-refractivity contribution in [2.45, 2.75) is 0 Å². The average molecular weight is 227 g/mol. The molecule has 1 aromatic rings. The summed E-state index contributed by atoms with van der Waals surface area (Å²) in [6, 6.07) is 3.89. The second-order valence-electron chi connectivity index (χ2n) is 0.885. The summed E-state index contributed by atoms with van der Waals surface area (Å²) in [7, 11) is 0. The van der Waals surface area contributed by atoms with Crippen molar-refractivity contribution in [3.05, 3.63) is 24.5 Å². The van der Waals surface area contributed by atoms with Gasteiger partial charge < -0.3 is 4.98 Å². The first kappa shape index (κ1) is 10.9. The second-order valence-corrected chi connectivity index (χ2v) is 0.885. The lowest BCUT2D eigenvalue weighted by Crippen LogP contribution is -1.38. The minimum Gasteiger partial charge on any atom is -0.368 e. The molecule has 0 saturated carbocycles.